The fraction of sp³-hybridized carbons (Fsp3) is 0.300. The van der Waals surface area contributed by atoms with Crippen molar-refractivity contribution in [1.82, 2.24) is 0 Å². The molecule has 1 atom stereocenters. The monoisotopic (exact) mass is 470 g/mol. The molecule has 0 amide bonds. The number of benzene rings is 3. The maximum atomic E-state index is 13.9. The highest BCUT2D eigenvalue weighted by atomic mass is 16.5. The van der Waals surface area contributed by atoms with Gasteiger partial charge in [-0.05, 0) is 68.2 Å². The predicted octanol–water partition coefficient (Wildman–Crippen LogP) is 5.78. The normalized spacial score (nSPS) is 19.9. The number of aryl methyl sites for hydroxylation is 2. The molecule has 1 N–H and O–H groups in total. The van der Waals surface area contributed by atoms with E-state index in [1.54, 1.807) is 6.07 Å². The van der Waals surface area contributed by atoms with E-state index >= 15 is 0 Å². The Labute approximate surface area is 206 Å². The minimum absolute atomic E-state index is 0.209. The van der Waals surface area contributed by atoms with Crippen LogP contribution in [0.4, 0.5) is 0 Å². The van der Waals surface area contributed by atoms with Crippen molar-refractivity contribution in [3.05, 3.63) is 94.1 Å². The van der Waals surface area contributed by atoms with Crippen molar-refractivity contribution in [3.8, 4) is 17.2 Å². The second-order valence-electron chi connectivity index (χ2n) is 9.78. The lowest BCUT2D eigenvalue weighted by Gasteiger charge is -2.36. The molecule has 3 aromatic carbocycles. The number of hydrogen-bond acceptors (Lipinski definition) is 5. The Morgan fingerprint density at radius 1 is 1.06 bits per heavy atom. The van der Waals surface area contributed by atoms with E-state index in [4.69, 9.17) is 14.2 Å². The van der Waals surface area contributed by atoms with Crippen LogP contribution in [0.1, 0.15) is 58.9 Å². The van der Waals surface area contributed by atoms with Gasteiger partial charge >= 0.3 is 0 Å². The predicted molar refractivity (Wildman–Crippen MR) is 135 cm³/mol. The van der Waals surface area contributed by atoms with E-state index in [-0.39, 0.29) is 6.61 Å². The number of ketones is 1. The Morgan fingerprint density at radius 3 is 2.57 bits per heavy atom. The van der Waals surface area contributed by atoms with Crippen LogP contribution in [0.2, 0.25) is 0 Å². The van der Waals surface area contributed by atoms with Crippen LogP contribution >= 0.6 is 0 Å². The highest BCUT2D eigenvalue weighted by Crippen LogP contribution is 2.47. The molecule has 0 spiro atoms. The molecule has 5 rings (SSSR count). The van der Waals surface area contributed by atoms with Gasteiger partial charge in [-0.15, -0.1) is 0 Å². The Morgan fingerprint density at radius 2 is 1.83 bits per heavy atom. The highest BCUT2D eigenvalue weighted by molar-refractivity contribution is 6.08. The summed E-state index contributed by atoms with van der Waals surface area (Å²) < 4.78 is 18.4. The van der Waals surface area contributed by atoms with E-state index in [0.29, 0.717) is 40.5 Å². The summed E-state index contributed by atoms with van der Waals surface area (Å²) in [5.74, 6) is 1.22. The number of ether oxygens (including phenoxy) is 3. The lowest BCUT2D eigenvalue weighted by Crippen LogP contribution is -2.46. The first-order valence-electron chi connectivity index (χ1n) is 12.0. The number of aliphatic hydroxyl groups is 1. The van der Waals surface area contributed by atoms with Gasteiger partial charge in [-0.3, -0.25) is 4.79 Å². The number of rotatable bonds is 5. The first kappa shape index (κ1) is 23.2. The van der Waals surface area contributed by atoms with E-state index in [0.717, 1.165) is 23.1 Å². The number of carbonyl (C=O) groups is 1. The Balaban J connectivity index is 1.55. The molecule has 0 saturated heterocycles. The van der Waals surface area contributed by atoms with E-state index < -0.39 is 17.0 Å². The van der Waals surface area contributed by atoms with Gasteiger partial charge in [-0.25, -0.2) is 0 Å². The molecule has 0 saturated carbocycles. The first-order valence-corrected chi connectivity index (χ1v) is 12.0. The summed E-state index contributed by atoms with van der Waals surface area (Å²) in [5.41, 5.74) is 1.95. The van der Waals surface area contributed by atoms with Crippen molar-refractivity contribution < 1.29 is 24.1 Å². The van der Waals surface area contributed by atoms with Crippen molar-refractivity contribution in [2.75, 3.05) is 6.61 Å². The van der Waals surface area contributed by atoms with Gasteiger partial charge in [-0.2, -0.15) is 0 Å². The molecule has 0 fully saturated rings. The van der Waals surface area contributed by atoms with Crippen molar-refractivity contribution in [3.63, 3.8) is 0 Å². The zero-order valence-electron chi connectivity index (χ0n) is 20.6. The second-order valence-corrected chi connectivity index (χ2v) is 9.78. The van der Waals surface area contributed by atoms with Crippen LogP contribution in [0.3, 0.4) is 0 Å². The molecule has 2 heterocycles. The van der Waals surface area contributed by atoms with Crippen LogP contribution in [0.5, 0.6) is 17.2 Å². The van der Waals surface area contributed by atoms with Gasteiger partial charge < -0.3 is 19.3 Å². The van der Waals surface area contributed by atoms with Gasteiger partial charge in [0.25, 0.3) is 0 Å². The van der Waals surface area contributed by atoms with Gasteiger partial charge in [0.05, 0.1) is 11.1 Å². The zero-order chi connectivity index (χ0) is 24.8. The summed E-state index contributed by atoms with van der Waals surface area (Å²) >= 11 is 0. The van der Waals surface area contributed by atoms with Crippen molar-refractivity contribution in [1.29, 1.82) is 0 Å². The number of carbonyl (C=O) groups excluding carboxylic acids is 1. The van der Waals surface area contributed by atoms with Gasteiger partial charge in [0.2, 0.25) is 5.78 Å². The van der Waals surface area contributed by atoms with Crippen LogP contribution in [-0.2, 0) is 18.6 Å². The summed E-state index contributed by atoms with van der Waals surface area (Å²) in [7, 11) is 0. The number of hydrogen-bond donors (Lipinski definition) is 1. The third kappa shape index (κ3) is 4.10. The van der Waals surface area contributed by atoms with Crippen molar-refractivity contribution >= 4 is 11.9 Å². The quantitative estimate of drug-likeness (QED) is 0.512. The van der Waals surface area contributed by atoms with Gasteiger partial charge in [0, 0.05) is 5.56 Å². The van der Waals surface area contributed by atoms with Crippen LogP contribution in [0.15, 0.2) is 60.7 Å². The summed E-state index contributed by atoms with van der Waals surface area (Å²) in [6.45, 7) is 7.96. The molecule has 0 radical (unpaired) electrons. The third-order valence-electron chi connectivity index (χ3n) is 6.67. The summed E-state index contributed by atoms with van der Waals surface area (Å²) in [6, 6.07) is 17.3. The maximum absolute atomic E-state index is 13.9. The van der Waals surface area contributed by atoms with Crippen LogP contribution in [-0.4, -0.2) is 23.1 Å². The van der Waals surface area contributed by atoms with E-state index in [1.165, 1.54) is 0 Å². The summed E-state index contributed by atoms with van der Waals surface area (Å²) in [6.07, 6.45) is 4.68. The molecular weight excluding hydrogens is 440 g/mol. The zero-order valence-corrected chi connectivity index (χ0v) is 20.6. The number of fused-ring (bicyclic) bond motifs is 3. The van der Waals surface area contributed by atoms with Crippen molar-refractivity contribution in [2.24, 2.45) is 0 Å². The maximum Gasteiger partial charge on any atom is 0.206 e. The third-order valence-corrected chi connectivity index (χ3v) is 6.67. The van der Waals surface area contributed by atoms with Gasteiger partial charge in [-0.1, -0.05) is 49.4 Å². The number of Topliss-reactive ketones (excluding diaryl/α,β-unsaturated/α-hetero) is 1. The van der Waals surface area contributed by atoms with Crippen LogP contribution in [0, 0.1) is 6.92 Å². The largest absolute Gasteiger partial charge is 0.488 e. The average Bonchev–Trinajstić information content (AvgIpc) is 2.84. The SMILES string of the molecule is CCc1ccc(C2(O)COc3c4c(cc(C)c3C2=O)OC(C)(C)C=C4)c(OCc2ccccc2)c1. The molecule has 0 aliphatic carbocycles. The minimum atomic E-state index is -1.87. The molecule has 5 heteroatoms. The standard InChI is InChI=1S/C30H30O5/c1-5-20-11-12-23(25(16-20)33-17-21-9-7-6-8-10-21)30(32)18-34-27-22-13-14-29(3,4)35-24(22)15-19(2)26(27)28(30)31/h6-16,32H,5,17-18H2,1-4H3. The highest BCUT2D eigenvalue weighted by Gasteiger charge is 2.48. The summed E-state index contributed by atoms with van der Waals surface area (Å²) in [4.78, 5) is 13.9. The van der Waals surface area contributed by atoms with Gasteiger partial charge in [0.1, 0.15) is 36.1 Å². The Kier molecular flexibility index (Phi) is 5.68. The van der Waals surface area contributed by atoms with Crippen LogP contribution in [0.25, 0.3) is 6.08 Å². The lowest BCUT2D eigenvalue weighted by atomic mass is 9.81. The Bertz CT molecular complexity index is 1320. The fourth-order valence-corrected chi connectivity index (χ4v) is 4.68. The smallest absolute Gasteiger partial charge is 0.206 e. The molecular formula is C30H30O5. The molecule has 0 aromatic heterocycles. The summed E-state index contributed by atoms with van der Waals surface area (Å²) in [5, 5.41) is 11.8. The molecule has 1 unspecified atom stereocenters. The fourth-order valence-electron chi connectivity index (χ4n) is 4.68. The second kappa shape index (κ2) is 8.58. The average molecular weight is 471 g/mol. The molecule has 180 valence electrons. The first-order chi connectivity index (χ1) is 16.7. The van der Waals surface area contributed by atoms with E-state index in [9.17, 15) is 9.90 Å². The molecule has 2 aliphatic rings. The molecule has 5 nitrogen and oxygen atoms in total. The van der Waals surface area contributed by atoms with Crippen molar-refractivity contribution in [2.45, 2.75) is 51.9 Å². The molecule has 35 heavy (non-hydrogen) atoms. The van der Waals surface area contributed by atoms with E-state index in [1.807, 2.05) is 81.5 Å². The van der Waals surface area contributed by atoms with Crippen LogP contribution < -0.4 is 14.2 Å². The van der Waals surface area contributed by atoms with E-state index in [2.05, 4.69) is 6.92 Å². The Hall–Kier alpha value is -3.57. The molecule has 2 aliphatic heterocycles. The topological polar surface area (TPSA) is 65.0 Å². The molecule has 0 bridgehead atoms. The molecule has 3 aromatic rings. The lowest BCUT2D eigenvalue weighted by molar-refractivity contribution is -0.00702. The minimum Gasteiger partial charge on any atom is -0.488 e. The van der Waals surface area contributed by atoms with Gasteiger partial charge in [0.15, 0.2) is 5.60 Å².